The van der Waals surface area contributed by atoms with Crippen LogP contribution in [0.25, 0.3) is 0 Å². The second kappa shape index (κ2) is 12.3. The minimum atomic E-state index is -0.672. The van der Waals surface area contributed by atoms with E-state index in [-0.39, 0.29) is 23.6 Å². The molecule has 2 heterocycles. The predicted octanol–water partition coefficient (Wildman–Crippen LogP) is 7.52. The fraction of sp³-hybridized carbons (Fsp3) is 0.781. The van der Waals surface area contributed by atoms with Crippen LogP contribution in [0.15, 0.2) is 34.7 Å². The number of furan rings is 1. The number of fused-ring (bicyclic) bond motifs is 1. The van der Waals surface area contributed by atoms with Crippen LogP contribution in [0.2, 0.25) is 0 Å². The van der Waals surface area contributed by atoms with E-state index in [1.165, 1.54) is 31.8 Å². The van der Waals surface area contributed by atoms with Crippen LogP contribution in [-0.4, -0.2) is 36.2 Å². The maximum atomic E-state index is 11.8. The van der Waals surface area contributed by atoms with Gasteiger partial charge in [-0.25, -0.2) is 0 Å². The van der Waals surface area contributed by atoms with E-state index in [1.54, 1.807) is 12.5 Å². The van der Waals surface area contributed by atoms with Gasteiger partial charge in [-0.15, -0.1) is 0 Å². The Morgan fingerprint density at radius 2 is 1.97 bits per heavy atom. The highest BCUT2D eigenvalue weighted by atomic mass is 16.7. The highest BCUT2D eigenvalue weighted by Gasteiger charge is 2.57. The molecular weight excluding hydrogens is 480 g/mol. The van der Waals surface area contributed by atoms with Gasteiger partial charge in [0.2, 0.25) is 0 Å². The van der Waals surface area contributed by atoms with Gasteiger partial charge in [0.15, 0.2) is 6.29 Å². The third-order valence-electron chi connectivity index (χ3n) is 9.95. The van der Waals surface area contributed by atoms with Gasteiger partial charge in [-0.3, -0.25) is 4.79 Å². The Balaban J connectivity index is 1.52. The summed E-state index contributed by atoms with van der Waals surface area (Å²) in [7, 11) is 0. The topological polar surface area (TPSA) is 78.1 Å². The molecule has 3 fully saturated rings. The van der Waals surface area contributed by atoms with Gasteiger partial charge in [-0.1, -0.05) is 33.3 Å². The van der Waals surface area contributed by atoms with E-state index in [0.717, 1.165) is 57.1 Å². The van der Waals surface area contributed by atoms with E-state index in [1.807, 2.05) is 6.07 Å². The van der Waals surface area contributed by atoms with Crippen molar-refractivity contribution in [2.45, 2.75) is 123 Å². The Morgan fingerprint density at radius 3 is 2.66 bits per heavy atom. The maximum absolute atomic E-state index is 11.8. The average Bonchev–Trinajstić information content (AvgIpc) is 3.38. The number of rotatable bonds is 10. The lowest BCUT2D eigenvalue weighted by Crippen LogP contribution is -2.57. The first-order valence-electron chi connectivity index (χ1n) is 14.8. The van der Waals surface area contributed by atoms with Crippen LogP contribution in [0.4, 0.5) is 0 Å². The van der Waals surface area contributed by atoms with Crippen LogP contribution in [0.3, 0.4) is 0 Å². The Labute approximate surface area is 229 Å². The summed E-state index contributed by atoms with van der Waals surface area (Å²) < 4.78 is 22.9. The summed E-state index contributed by atoms with van der Waals surface area (Å²) in [6, 6.07) is 1.85. The summed E-state index contributed by atoms with van der Waals surface area (Å²) in [5, 5.41) is 11.7. The van der Waals surface area contributed by atoms with Crippen LogP contribution in [0, 0.1) is 22.7 Å². The zero-order valence-corrected chi connectivity index (χ0v) is 24.3. The molecule has 0 amide bonds. The zero-order valence-electron chi connectivity index (χ0n) is 24.3. The molecule has 0 radical (unpaired) electrons. The Kier molecular flexibility index (Phi) is 9.47. The SMILES string of the molecule is CC(=O)O[C@H](C/C=C(/CC[C@@H]1[C@@]2(C)CCCC(C)(C)[C@@H]2CC[C@@]1(C)O)COC1CCCCO1)c1ccoc1. The lowest BCUT2D eigenvalue weighted by Gasteiger charge is -2.61. The molecule has 1 saturated heterocycles. The second-order valence-electron chi connectivity index (χ2n) is 13.2. The highest BCUT2D eigenvalue weighted by molar-refractivity contribution is 5.66. The van der Waals surface area contributed by atoms with Crippen molar-refractivity contribution in [1.29, 1.82) is 0 Å². The second-order valence-corrected chi connectivity index (χ2v) is 13.2. The molecule has 214 valence electrons. The van der Waals surface area contributed by atoms with Crippen LogP contribution < -0.4 is 0 Å². The number of ether oxygens (including phenoxy) is 3. The van der Waals surface area contributed by atoms with Crippen molar-refractivity contribution in [3.8, 4) is 0 Å². The van der Waals surface area contributed by atoms with E-state index in [0.29, 0.717) is 24.4 Å². The van der Waals surface area contributed by atoms with Crippen LogP contribution in [-0.2, 0) is 19.0 Å². The largest absolute Gasteiger partial charge is 0.472 e. The smallest absolute Gasteiger partial charge is 0.303 e. The van der Waals surface area contributed by atoms with Crippen molar-refractivity contribution < 1.29 is 28.5 Å². The molecule has 2 aliphatic carbocycles. The number of hydrogen-bond donors (Lipinski definition) is 1. The van der Waals surface area contributed by atoms with Crippen molar-refractivity contribution in [3.63, 3.8) is 0 Å². The van der Waals surface area contributed by atoms with Gasteiger partial charge in [-0.05, 0) is 99.0 Å². The van der Waals surface area contributed by atoms with Gasteiger partial charge in [0.05, 0.1) is 24.7 Å². The molecule has 1 N–H and O–H groups in total. The van der Waals surface area contributed by atoms with Crippen LogP contribution in [0.5, 0.6) is 0 Å². The summed E-state index contributed by atoms with van der Waals surface area (Å²) in [6.45, 7) is 12.0. The summed E-state index contributed by atoms with van der Waals surface area (Å²) >= 11 is 0. The normalized spacial score (nSPS) is 34.4. The molecule has 1 aromatic heterocycles. The van der Waals surface area contributed by atoms with Gasteiger partial charge in [0.1, 0.15) is 6.10 Å². The van der Waals surface area contributed by atoms with Gasteiger partial charge in [0.25, 0.3) is 0 Å². The summed E-state index contributed by atoms with van der Waals surface area (Å²) in [5.41, 5.74) is 1.79. The Morgan fingerprint density at radius 1 is 1.16 bits per heavy atom. The van der Waals surface area contributed by atoms with E-state index in [2.05, 4.69) is 33.8 Å². The van der Waals surface area contributed by atoms with Gasteiger partial charge >= 0.3 is 5.97 Å². The van der Waals surface area contributed by atoms with Crippen LogP contribution >= 0.6 is 0 Å². The third-order valence-corrected chi connectivity index (χ3v) is 9.95. The molecule has 38 heavy (non-hydrogen) atoms. The first-order valence-corrected chi connectivity index (χ1v) is 14.8. The number of carbonyl (C=O) groups excluding carboxylic acids is 1. The number of hydrogen-bond acceptors (Lipinski definition) is 6. The first kappa shape index (κ1) is 29.4. The van der Waals surface area contributed by atoms with Gasteiger partial charge in [0, 0.05) is 25.5 Å². The lowest BCUT2D eigenvalue weighted by molar-refractivity contribution is -0.170. The van der Waals surface area contributed by atoms with Crippen molar-refractivity contribution >= 4 is 5.97 Å². The van der Waals surface area contributed by atoms with E-state index in [9.17, 15) is 9.90 Å². The number of carbonyl (C=O) groups is 1. The standard InChI is InChI=1S/C32H50O6/c1-23(33)38-26(25-15-20-35-22-25)12-10-24(21-37-29-9-6-7-19-36-29)11-13-28-31(4)17-8-16-30(2,3)27(31)14-18-32(28,5)34/h10,15,20,22,26-29,34H,6-9,11-14,16-19,21H2,1-5H3/b24-10-/t26-,27+,28-,29?,31+,32-/m1/s1. The minimum absolute atomic E-state index is 0.124. The molecule has 2 saturated carbocycles. The molecule has 1 unspecified atom stereocenters. The number of aliphatic hydroxyl groups is 1. The van der Waals surface area contributed by atoms with Crippen molar-refractivity contribution in [3.05, 3.63) is 35.8 Å². The third kappa shape index (κ3) is 6.92. The molecule has 6 heteroatoms. The molecular formula is C32H50O6. The van der Waals surface area contributed by atoms with Crippen molar-refractivity contribution in [1.82, 2.24) is 0 Å². The summed E-state index contributed by atoms with van der Waals surface area (Å²) in [6.07, 6.45) is 15.9. The monoisotopic (exact) mass is 530 g/mol. The van der Waals surface area contributed by atoms with Crippen LogP contribution in [0.1, 0.15) is 117 Å². The molecule has 0 spiro atoms. The summed E-state index contributed by atoms with van der Waals surface area (Å²) in [4.78, 5) is 11.8. The van der Waals surface area contributed by atoms with E-state index >= 15 is 0 Å². The van der Waals surface area contributed by atoms with Crippen molar-refractivity contribution in [2.75, 3.05) is 13.2 Å². The highest BCUT2D eigenvalue weighted by Crippen LogP contribution is 2.63. The first-order chi connectivity index (χ1) is 18.0. The number of esters is 1. The van der Waals surface area contributed by atoms with Gasteiger partial charge in [-0.2, -0.15) is 0 Å². The fourth-order valence-electron chi connectivity index (χ4n) is 8.06. The van der Waals surface area contributed by atoms with E-state index in [4.69, 9.17) is 18.6 Å². The molecule has 1 aromatic rings. The van der Waals surface area contributed by atoms with Crippen molar-refractivity contribution in [2.24, 2.45) is 22.7 Å². The minimum Gasteiger partial charge on any atom is -0.472 e. The average molecular weight is 531 g/mol. The summed E-state index contributed by atoms with van der Waals surface area (Å²) in [5.74, 6) is 0.540. The van der Waals surface area contributed by atoms with Gasteiger partial charge < -0.3 is 23.7 Å². The quantitative estimate of drug-likeness (QED) is 0.249. The molecule has 1 aliphatic heterocycles. The fourth-order valence-corrected chi connectivity index (χ4v) is 8.06. The molecule has 3 aliphatic rings. The maximum Gasteiger partial charge on any atom is 0.303 e. The molecule has 4 rings (SSSR count). The predicted molar refractivity (Wildman–Crippen MR) is 147 cm³/mol. The molecule has 0 bridgehead atoms. The Hall–Kier alpha value is -1.63. The zero-order chi connectivity index (χ0) is 27.4. The molecule has 6 nitrogen and oxygen atoms in total. The van der Waals surface area contributed by atoms with E-state index < -0.39 is 11.7 Å². The molecule has 6 atom stereocenters. The lowest BCUT2D eigenvalue weighted by atomic mass is 9.45. The Bertz CT molecular complexity index is 926. The molecule has 0 aromatic carbocycles.